The Morgan fingerprint density at radius 2 is 1.10 bits per heavy atom. The van der Waals surface area contributed by atoms with Crippen molar-refractivity contribution in [1.82, 2.24) is 0 Å². The molecule has 0 saturated carbocycles. The summed E-state index contributed by atoms with van der Waals surface area (Å²) in [6, 6.07) is 0. The van der Waals surface area contributed by atoms with Crippen LogP contribution in [0.3, 0.4) is 0 Å². The average Bonchev–Trinajstić information content (AvgIpc) is 1.91. The van der Waals surface area contributed by atoms with Gasteiger partial charge in [-0.1, -0.05) is 0 Å². The molecule has 0 amide bonds. The topological polar surface area (TPSA) is 36.9 Å². The molecule has 0 aromatic rings. The third-order valence-electron chi connectivity index (χ3n) is 0.402. The quantitative estimate of drug-likeness (QED) is 0.433. The number of ether oxygens (including phenoxy) is 4. The van der Waals surface area contributed by atoms with Gasteiger partial charge in [-0.15, -0.1) is 0 Å². The van der Waals surface area contributed by atoms with Crippen molar-refractivity contribution in [2.45, 2.75) is 0 Å². The molecule has 0 bridgehead atoms. The molecule has 0 aliphatic carbocycles. The Morgan fingerprint density at radius 1 is 0.800 bits per heavy atom. The van der Waals surface area contributed by atoms with E-state index in [1.165, 1.54) is 0 Å². The number of hydrogen-bond donors (Lipinski definition) is 0. The van der Waals surface area contributed by atoms with Crippen molar-refractivity contribution in [3.63, 3.8) is 0 Å². The summed E-state index contributed by atoms with van der Waals surface area (Å²) in [6.45, 7) is 0.599. The maximum Gasteiger partial charge on any atom is 0.149 e. The zero-order valence-corrected chi connectivity index (χ0v) is 7.05. The highest BCUT2D eigenvalue weighted by molar-refractivity contribution is 3.95. The van der Waals surface area contributed by atoms with Gasteiger partial charge in [0, 0.05) is 28.4 Å². The average molecular weight is 152 g/mol. The normalized spacial score (nSPS) is 8.40. The fourth-order valence-corrected chi connectivity index (χ4v) is 0.201. The lowest BCUT2D eigenvalue weighted by molar-refractivity contribution is -0.107. The standard InChI is InChI=1S/C4H10O3.C2H6O/c1-5-3-7-4-6-2;1-3-2/h3-4H2,1-2H3;1-2H3. The van der Waals surface area contributed by atoms with Crippen LogP contribution in [-0.2, 0) is 18.9 Å². The van der Waals surface area contributed by atoms with E-state index in [2.05, 4.69) is 18.9 Å². The summed E-state index contributed by atoms with van der Waals surface area (Å²) in [5.74, 6) is 0. The third-order valence-corrected chi connectivity index (χ3v) is 0.402. The molecule has 0 atom stereocenters. The Hall–Kier alpha value is -0.160. The van der Waals surface area contributed by atoms with Gasteiger partial charge in [-0.05, 0) is 0 Å². The van der Waals surface area contributed by atoms with Crippen molar-refractivity contribution in [2.24, 2.45) is 0 Å². The molecule has 64 valence electrons. The van der Waals surface area contributed by atoms with Crippen molar-refractivity contribution in [3.8, 4) is 0 Å². The molecule has 0 fully saturated rings. The highest BCUT2D eigenvalue weighted by Crippen LogP contribution is 1.72. The van der Waals surface area contributed by atoms with Crippen molar-refractivity contribution in [2.75, 3.05) is 42.0 Å². The Labute approximate surface area is 62.0 Å². The molecule has 0 unspecified atom stereocenters. The first-order chi connectivity index (χ1) is 4.83. The van der Waals surface area contributed by atoms with Crippen LogP contribution in [-0.4, -0.2) is 42.0 Å². The van der Waals surface area contributed by atoms with Gasteiger partial charge in [0.05, 0.1) is 0 Å². The van der Waals surface area contributed by atoms with Gasteiger partial charge < -0.3 is 18.9 Å². The largest absolute Gasteiger partial charge is 0.388 e. The van der Waals surface area contributed by atoms with Crippen molar-refractivity contribution >= 4 is 0 Å². The highest BCUT2D eigenvalue weighted by Gasteiger charge is 1.76. The smallest absolute Gasteiger partial charge is 0.149 e. The van der Waals surface area contributed by atoms with Crippen molar-refractivity contribution < 1.29 is 18.9 Å². The molecule has 0 aliphatic heterocycles. The van der Waals surface area contributed by atoms with Crippen LogP contribution in [0.1, 0.15) is 0 Å². The van der Waals surface area contributed by atoms with Gasteiger partial charge in [0.15, 0.2) is 0 Å². The predicted molar refractivity (Wildman–Crippen MR) is 37.8 cm³/mol. The van der Waals surface area contributed by atoms with E-state index in [-0.39, 0.29) is 0 Å². The summed E-state index contributed by atoms with van der Waals surface area (Å²) in [5, 5.41) is 0. The molecule has 0 heterocycles. The van der Waals surface area contributed by atoms with Crippen LogP contribution in [0.2, 0.25) is 0 Å². The van der Waals surface area contributed by atoms with Crippen LogP contribution in [0.5, 0.6) is 0 Å². The van der Waals surface area contributed by atoms with E-state index in [9.17, 15) is 0 Å². The maximum absolute atomic E-state index is 4.69. The van der Waals surface area contributed by atoms with Gasteiger partial charge in [-0.25, -0.2) is 0 Å². The zero-order valence-electron chi connectivity index (χ0n) is 7.05. The molecular weight excluding hydrogens is 136 g/mol. The van der Waals surface area contributed by atoms with E-state index < -0.39 is 0 Å². The number of hydrogen-bond acceptors (Lipinski definition) is 4. The first-order valence-corrected chi connectivity index (χ1v) is 2.79. The molecule has 0 spiro atoms. The first-order valence-electron chi connectivity index (χ1n) is 2.79. The monoisotopic (exact) mass is 152 g/mol. The van der Waals surface area contributed by atoms with E-state index >= 15 is 0 Å². The molecule has 10 heavy (non-hydrogen) atoms. The van der Waals surface area contributed by atoms with Crippen LogP contribution in [0.25, 0.3) is 0 Å². The fourth-order valence-electron chi connectivity index (χ4n) is 0.201. The molecule has 4 heteroatoms. The lowest BCUT2D eigenvalue weighted by Gasteiger charge is -1.97. The molecule has 0 aromatic carbocycles. The fraction of sp³-hybridized carbons (Fsp3) is 1.00. The Bertz CT molecular complexity index is 36.7. The maximum atomic E-state index is 4.69. The predicted octanol–water partition coefficient (Wildman–Crippen LogP) is 0.473. The van der Waals surface area contributed by atoms with Crippen molar-refractivity contribution in [1.29, 1.82) is 0 Å². The Kier molecular flexibility index (Phi) is 19.9. The van der Waals surface area contributed by atoms with Gasteiger partial charge in [-0.3, -0.25) is 0 Å². The van der Waals surface area contributed by atoms with Gasteiger partial charge in [0.1, 0.15) is 13.6 Å². The van der Waals surface area contributed by atoms with E-state index in [4.69, 9.17) is 0 Å². The minimum Gasteiger partial charge on any atom is -0.388 e. The molecule has 0 rings (SSSR count). The lowest BCUT2D eigenvalue weighted by atomic mass is 11.3. The van der Waals surface area contributed by atoms with E-state index in [0.717, 1.165) is 0 Å². The Balaban J connectivity index is 0. The minimum atomic E-state index is 0.299. The summed E-state index contributed by atoms with van der Waals surface area (Å²) < 4.78 is 18.0. The van der Waals surface area contributed by atoms with Crippen LogP contribution in [0.15, 0.2) is 0 Å². The van der Waals surface area contributed by atoms with Crippen LogP contribution in [0.4, 0.5) is 0 Å². The highest BCUT2D eigenvalue weighted by atomic mass is 16.7. The molecule has 0 saturated heterocycles. The minimum absolute atomic E-state index is 0.299. The number of methoxy groups -OCH3 is 3. The molecular formula is C6H16O4. The van der Waals surface area contributed by atoms with Crippen LogP contribution in [0, 0.1) is 0 Å². The van der Waals surface area contributed by atoms with Gasteiger partial charge in [0.2, 0.25) is 0 Å². The van der Waals surface area contributed by atoms with Crippen molar-refractivity contribution in [3.05, 3.63) is 0 Å². The van der Waals surface area contributed by atoms with Crippen LogP contribution >= 0.6 is 0 Å². The third kappa shape index (κ3) is 24.9. The molecule has 0 N–H and O–H groups in total. The zero-order chi connectivity index (χ0) is 8.24. The second kappa shape index (κ2) is 15.9. The molecule has 4 nitrogen and oxygen atoms in total. The van der Waals surface area contributed by atoms with Gasteiger partial charge in [0.25, 0.3) is 0 Å². The molecule has 0 aromatic heterocycles. The summed E-state index contributed by atoms with van der Waals surface area (Å²) in [6.07, 6.45) is 0. The van der Waals surface area contributed by atoms with E-state index in [0.29, 0.717) is 13.6 Å². The summed E-state index contributed by atoms with van der Waals surface area (Å²) in [5.41, 5.74) is 0. The van der Waals surface area contributed by atoms with Gasteiger partial charge in [-0.2, -0.15) is 0 Å². The Morgan fingerprint density at radius 3 is 1.30 bits per heavy atom. The lowest BCUT2D eigenvalue weighted by Crippen LogP contribution is -1.98. The first kappa shape index (κ1) is 12.5. The van der Waals surface area contributed by atoms with Crippen LogP contribution < -0.4 is 0 Å². The van der Waals surface area contributed by atoms with E-state index in [1.807, 2.05) is 0 Å². The summed E-state index contributed by atoms with van der Waals surface area (Å²) in [7, 11) is 6.38. The summed E-state index contributed by atoms with van der Waals surface area (Å²) >= 11 is 0. The van der Waals surface area contributed by atoms with Gasteiger partial charge >= 0.3 is 0 Å². The molecule has 0 radical (unpaired) electrons. The van der Waals surface area contributed by atoms with E-state index in [1.54, 1.807) is 28.4 Å². The second-order valence-electron chi connectivity index (χ2n) is 1.43. The number of rotatable bonds is 4. The second-order valence-corrected chi connectivity index (χ2v) is 1.43. The molecule has 0 aliphatic rings. The summed E-state index contributed by atoms with van der Waals surface area (Å²) in [4.78, 5) is 0. The SMILES string of the molecule is COC.COCOCOC.